The lowest BCUT2D eigenvalue weighted by Crippen LogP contribution is -2.55. The third kappa shape index (κ3) is 3.32. The predicted octanol–water partition coefficient (Wildman–Crippen LogP) is 13.0. The molecule has 1 spiro atoms. The molecule has 5 aliphatic carbocycles. The van der Waals surface area contributed by atoms with E-state index in [1.165, 1.54) is 96.4 Å². The third-order valence-corrected chi connectivity index (χ3v) is 14.2. The van der Waals surface area contributed by atoms with Crippen LogP contribution in [0.2, 0.25) is 0 Å². The van der Waals surface area contributed by atoms with Crippen molar-refractivity contribution in [3.05, 3.63) is 132 Å². The molecule has 0 atom stereocenters. The second-order valence-corrected chi connectivity index (χ2v) is 16.4. The number of hydrogen-bond acceptors (Lipinski definition) is 2. The summed E-state index contributed by atoms with van der Waals surface area (Å²) in [6.45, 7) is 0. The number of benzene rings is 6. The van der Waals surface area contributed by atoms with Gasteiger partial charge in [0, 0.05) is 36.4 Å². The van der Waals surface area contributed by atoms with Crippen LogP contribution in [0.3, 0.4) is 0 Å². The lowest BCUT2D eigenvalue weighted by molar-refractivity contribution is -0.0399. The van der Waals surface area contributed by atoms with Gasteiger partial charge in [0.1, 0.15) is 11.2 Å². The number of hydrogen-bond donors (Lipinski definition) is 0. The molecule has 48 heavy (non-hydrogen) atoms. The van der Waals surface area contributed by atoms with Crippen molar-refractivity contribution in [3.8, 4) is 33.4 Å². The maximum atomic E-state index is 6.35. The van der Waals surface area contributed by atoms with Crippen molar-refractivity contribution in [2.75, 3.05) is 0 Å². The van der Waals surface area contributed by atoms with Crippen LogP contribution in [0.5, 0.6) is 0 Å². The average Bonchev–Trinajstić information content (AvgIpc) is 3.78. The van der Waals surface area contributed by atoms with Gasteiger partial charge in [-0.25, -0.2) is 0 Å². The van der Waals surface area contributed by atoms with Crippen LogP contribution in [-0.2, 0) is 5.41 Å². The van der Waals surface area contributed by atoms with Gasteiger partial charge in [-0.15, -0.1) is 11.3 Å². The fourth-order valence-electron chi connectivity index (χ4n) is 11.5. The first-order chi connectivity index (χ1) is 23.7. The Kier molecular flexibility index (Phi) is 5.08. The quantitative estimate of drug-likeness (QED) is 0.184. The molecular weight excluding hydrogens is 601 g/mol. The van der Waals surface area contributed by atoms with Crippen LogP contribution in [0.4, 0.5) is 0 Å². The van der Waals surface area contributed by atoms with Crippen LogP contribution < -0.4 is 0 Å². The first-order valence-corrected chi connectivity index (χ1v) is 18.7. The summed E-state index contributed by atoms with van der Waals surface area (Å²) in [5.74, 6) is 3.47. The summed E-state index contributed by atoms with van der Waals surface area (Å²) in [4.78, 5) is 0. The highest BCUT2D eigenvalue weighted by Crippen LogP contribution is 2.69. The lowest BCUT2D eigenvalue weighted by Gasteiger charge is -2.61. The van der Waals surface area contributed by atoms with Crippen molar-refractivity contribution in [1.29, 1.82) is 0 Å². The molecule has 1 nitrogen and oxygen atoms in total. The highest BCUT2D eigenvalue weighted by Gasteiger charge is 2.61. The molecule has 4 saturated carbocycles. The molecule has 4 bridgehead atoms. The summed E-state index contributed by atoms with van der Waals surface area (Å²) >= 11 is 1.91. The first kappa shape index (κ1) is 26.3. The van der Waals surface area contributed by atoms with Gasteiger partial charge in [0.05, 0.1) is 0 Å². The fourth-order valence-corrected chi connectivity index (χ4v) is 12.7. The topological polar surface area (TPSA) is 13.1 Å². The summed E-state index contributed by atoms with van der Waals surface area (Å²) in [6, 6.07) is 46.0. The molecule has 0 N–H and O–H groups in total. The van der Waals surface area contributed by atoms with E-state index in [2.05, 4.69) is 115 Å². The minimum atomic E-state index is 0.201. The minimum absolute atomic E-state index is 0.201. The predicted molar refractivity (Wildman–Crippen MR) is 201 cm³/mol. The highest BCUT2D eigenvalue weighted by molar-refractivity contribution is 7.26. The largest absolute Gasteiger partial charge is 0.456 e. The van der Waals surface area contributed by atoms with Gasteiger partial charge in [-0.1, -0.05) is 78.9 Å². The van der Waals surface area contributed by atoms with Gasteiger partial charge in [0.15, 0.2) is 0 Å². The Morgan fingerprint density at radius 3 is 2.04 bits per heavy atom. The number of thiophene rings is 1. The number of para-hydroxylation sites is 1. The van der Waals surface area contributed by atoms with Gasteiger partial charge in [-0.2, -0.15) is 0 Å². The molecule has 6 aromatic carbocycles. The fraction of sp³-hybridized carbons (Fsp3) is 0.217. The van der Waals surface area contributed by atoms with Crippen molar-refractivity contribution >= 4 is 53.4 Å². The van der Waals surface area contributed by atoms with E-state index in [0.717, 1.165) is 34.8 Å². The van der Waals surface area contributed by atoms with Crippen molar-refractivity contribution < 1.29 is 4.42 Å². The molecular formula is C46H34OS. The molecule has 4 fully saturated rings. The summed E-state index contributed by atoms with van der Waals surface area (Å²) < 4.78 is 9.03. The van der Waals surface area contributed by atoms with E-state index >= 15 is 0 Å². The van der Waals surface area contributed by atoms with Crippen LogP contribution in [-0.4, -0.2) is 0 Å². The van der Waals surface area contributed by atoms with Gasteiger partial charge >= 0.3 is 0 Å². The van der Waals surface area contributed by atoms with Crippen molar-refractivity contribution in [1.82, 2.24) is 0 Å². The molecule has 0 amide bonds. The van der Waals surface area contributed by atoms with E-state index in [1.54, 1.807) is 11.1 Å². The SMILES string of the molecule is c1ccc2c(c1)-c1cc(-c3cc(-c4ccc5c(c4)oc4ccccc45)cc4sc5ccccc5c34)ccc1C21C2CC3CC(C2)CC1C3. The molecule has 0 radical (unpaired) electrons. The van der Waals surface area contributed by atoms with Crippen molar-refractivity contribution in [3.63, 3.8) is 0 Å². The maximum absolute atomic E-state index is 6.35. The number of fused-ring (bicyclic) bond motifs is 9. The molecule has 13 rings (SSSR count). The highest BCUT2D eigenvalue weighted by atomic mass is 32.1. The Morgan fingerprint density at radius 1 is 0.479 bits per heavy atom. The first-order valence-electron chi connectivity index (χ1n) is 17.8. The van der Waals surface area contributed by atoms with Crippen LogP contribution in [0.1, 0.15) is 43.2 Å². The zero-order valence-corrected chi connectivity index (χ0v) is 27.5. The zero-order chi connectivity index (χ0) is 31.1. The van der Waals surface area contributed by atoms with E-state index in [-0.39, 0.29) is 5.41 Å². The normalized spacial score (nSPS) is 25.2. The van der Waals surface area contributed by atoms with Gasteiger partial charge in [-0.3, -0.25) is 0 Å². The molecule has 0 unspecified atom stereocenters. The molecule has 0 saturated heterocycles. The zero-order valence-electron chi connectivity index (χ0n) is 26.7. The molecule has 0 aliphatic heterocycles. The van der Waals surface area contributed by atoms with E-state index < -0.39 is 0 Å². The van der Waals surface area contributed by atoms with E-state index in [1.807, 2.05) is 17.4 Å². The van der Waals surface area contributed by atoms with E-state index in [4.69, 9.17) is 4.42 Å². The van der Waals surface area contributed by atoms with Crippen molar-refractivity contribution in [2.24, 2.45) is 23.7 Å². The Labute approximate surface area is 283 Å². The Hall–Kier alpha value is -4.66. The van der Waals surface area contributed by atoms with Crippen molar-refractivity contribution in [2.45, 2.75) is 37.5 Å². The summed E-state index contributed by atoms with van der Waals surface area (Å²) in [5, 5.41) is 5.08. The molecule has 230 valence electrons. The smallest absolute Gasteiger partial charge is 0.136 e. The minimum Gasteiger partial charge on any atom is -0.456 e. The average molecular weight is 635 g/mol. The Bertz CT molecular complexity index is 2620. The molecule has 8 aromatic rings. The van der Waals surface area contributed by atoms with Crippen LogP contribution in [0.25, 0.3) is 75.5 Å². The van der Waals surface area contributed by atoms with E-state index in [9.17, 15) is 0 Å². The monoisotopic (exact) mass is 634 g/mol. The third-order valence-electron chi connectivity index (χ3n) is 13.1. The molecule has 2 heterocycles. The van der Waals surface area contributed by atoms with Crippen LogP contribution >= 0.6 is 11.3 Å². The van der Waals surface area contributed by atoms with Gasteiger partial charge < -0.3 is 4.42 Å². The van der Waals surface area contributed by atoms with Crippen LogP contribution in [0, 0.1) is 23.7 Å². The van der Waals surface area contributed by atoms with Gasteiger partial charge in [0.25, 0.3) is 0 Å². The molecule has 5 aliphatic rings. The maximum Gasteiger partial charge on any atom is 0.136 e. The number of furan rings is 1. The molecule has 2 heteroatoms. The lowest BCUT2D eigenvalue weighted by atomic mass is 9.43. The molecule has 2 aromatic heterocycles. The Morgan fingerprint density at radius 2 is 1.17 bits per heavy atom. The second kappa shape index (κ2) is 9.27. The standard InChI is InChI=1S/C46H34OS/c1-4-10-39-33(7-1)38-22-29(14-16-40(38)46(39)31-18-26-17-27(20-31)21-32(46)19-26)37-23-30(25-44-45(37)36-9-3-6-12-43(36)48-44)28-13-15-35-34-8-2-5-11-41(34)47-42(35)24-28/h1-16,22-27,31-32H,17-21H2. The number of rotatable bonds is 2. The summed E-state index contributed by atoms with van der Waals surface area (Å²) in [6.07, 6.45) is 7.16. The van der Waals surface area contributed by atoms with Gasteiger partial charge in [-0.05, 0) is 143 Å². The summed E-state index contributed by atoms with van der Waals surface area (Å²) in [5.41, 5.74) is 13.4. The second-order valence-electron chi connectivity index (χ2n) is 15.3. The van der Waals surface area contributed by atoms with Gasteiger partial charge in [0.2, 0.25) is 0 Å². The Balaban J connectivity index is 1.09. The summed E-state index contributed by atoms with van der Waals surface area (Å²) in [7, 11) is 0. The van der Waals surface area contributed by atoms with Crippen LogP contribution in [0.15, 0.2) is 126 Å². The van der Waals surface area contributed by atoms with E-state index in [0.29, 0.717) is 0 Å².